The molecule has 0 spiro atoms. The topological polar surface area (TPSA) is 49.3 Å². The van der Waals surface area contributed by atoms with Crippen LogP contribution in [0, 0.1) is 0 Å². The highest BCUT2D eigenvalue weighted by Crippen LogP contribution is 2.18. The number of para-hydroxylation sites is 1. The van der Waals surface area contributed by atoms with E-state index in [1.54, 1.807) is 0 Å². The summed E-state index contributed by atoms with van der Waals surface area (Å²) in [5, 5.41) is 12.3. The van der Waals surface area contributed by atoms with Crippen LogP contribution in [0.2, 0.25) is 0 Å². The van der Waals surface area contributed by atoms with Gasteiger partial charge in [-0.15, -0.1) is 0 Å². The molecule has 3 heteroatoms. The SMILES string of the molecule is CCc1ccccc1NCc1ccccc1CC(=O)O. The number of carboxylic acids is 1. The summed E-state index contributed by atoms with van der Waals surface area (Å²) in [6, 6.07) is 15.9. The molecule has 0 saturated carbocycles. The number of aryl methyl sites for hydroxylation is 1. The molecule has 0 unspecified atom stereocenters. The number of rotatable bonds is 6. The maximum Gasteiger partial charge on any atom is 0.307 e. The first-order chi connectivity index (χ1) is 9.70. The molecular formula is C17H19NO2. The van der Waals surface area contributed by atoms with Crippen LogP contribution in [-0.2, 0) is 24.2 Å². The van der Waals surface area contributed by atoms with E-state index in [-0.39, 0.29) is 6.42 Å². The summed E-state index contributed by atoms with van der Waals surface area (Å²) in [7, 11) is 0. The van der Waals surface area contributed by atoms with E-state index in [0.717, 1.165) is 23.2 Å². The van der Waals surface area contributed by atoms with E-state index in [0.29, 0.717) is 6.54 Å². The molecule has 2 aromatic carbocycles. The van der Waals surface area contributed by atoms with Crippen LogP contribution in [0.25, 0.3) is 0 Å². The van der Waals surface area contributed by atoms with Gasteiger partial charge in [0, 0.05) is 12.2 Å². The summed E-state index contributed by atoms with van der Waals surface area (Å²) in [6.07, 6.45) is 1.03. The van der Waals surface area contributed by atoms with Crippen LogP contribution in [0.5, 0.6) is 0 Å². The van der Waals surface area contributed by atoms with Gasteiger partial charge in [-0.05, 0) is 29.2 Å². The van der Waals surface area contributed by atoms with Crippen LogP contribution in [-0.4, -0.2) is 11.1 Å². The van der Waals surface area contributed by atoms with E-state index in [9.17, 15) is 4.79 Å². The van der Waals surface area contributed by atoms with Crippen molar-refractivity contribution < 1.29 is 9.90 Å². The van der Waals surface area contributed by atoms with Crippen LogP contribution in [0.1, 0.15) is 23.6 Å². The molecule has 0 aliphatic carbocycles. The summed E-state index contributed by atoms with van der Waals surface area (Å²) in [4.78, 5) is 10.9. The third kappa shape index (κ3) is 3.60. The lowest BCUT2D eigenvalue weighted by molar-refractivity contribution is -0.136. The monoisotopic (exact) mass is 269 g/mol. The average molecular weight is 269 g/mol. The lowest BCUT2D eigenvalue weighted by Crippen LogP contribution is -2.08. The lowest BCUT2D eigenvalue weighted by Gasteiger charge is -2.13. The Morgan fingerprint density at radius 2 is 1.60 bits per heavy atom. The molecule has 0 aliphatic heterocycles. The van der Waals surface area contributed by atoms with E-state index in [4.69, 9.17) is 5.11 Å². The molecule has 20 heavy (non-hydrogen) atoms. The Bertz CT molecular complexity index is 593. The zero-order valence-electron chi connectivity index (χ0n) is 11.6. The van der Waals surface area contributed by atoms with E-state index in [1.807, 2.05) is 36.4 Å². The van der Waals surface area contributed by atoms with Crippen molar-refractivity contribution in [3.63, 3.8) is 0 Å². The molecule has 0 heterocycles. The van der Waals surface area contributed by atoms with Gasteiger partial charge in [-0.2, -0.15) is 0 Å². The Morgan fingerprint density at radius 1 is 1.00 bits per heavy atom. The highest BCUT2D eigenvalue weighted by Gasteiger charge is 2.06. The maximum absolute atomic E-state index is 10.9. The first kappa shape index (κ1) is 14.1. The molecule has 0 saturated heterocycles. The number of anilines is 1. The van der Waals surface area contributed by atoms with Crippen LogP contribution >= 0.6 is 0 Å². The van der Waals surface area contributed by atoms with Crippen LogP contribution in [0.15, 0.2) is 48.5 Å². The van der Waals surface area contributed by atoms with Gasteiger partial charge in [0.2, 0.25) is 0 Å². The van der Waals surface area contributed by atoms with Crippen molar-refractivity contribution in [1.29, 1.82) is 0 Å². The van der Waals surface area contributed by atoms with Gasteiger partial charge in [-0.1, -0.05) is 49.4 Å². The van der Waals surface area contributed by atoms with Gasteiger partial charge in [0.1, 0.15) is 0 Å². The molecule has 2 aromatic rings. The minimum absolute atomic E-state index is 0.0628. The van der Waals surface area contributed by atoms with E-state index >= 15 is 0 Å². The van der Waals surface area contributed by atoms with Crippen LogP contribution < -0.4 is 5.32 Å². The molecule has 3 nitrogen and oxygen atoms in total. The number of nitrogens with one attached hydrogen (secondary N) is 1. The van der Waals surface area contributed by atoms with Gasteiger partial charge in [0.05, 0.1) is 6.42 Å². The fraction of sp³-hybridized carbons (Fsp3) is 0.235. The fourth-order valence-electron chi connectivity index (χ4n) is 2.26. The first-order valence-corrected chi connectivity index (χ1v) is 6.81. The molecule has 2 rings (SSSR count). The fourth-order valence-corrected chi connectivity index (χ4v) is 2.26. The second kappa shape index (κ2) is 6.75. The Balaban J connectivity index is 2.12. The normalized spacial score (nSPS) is 10.2. The smallest absolute Gasteiger partial charge is 0.307 e. The molecule has 0 aliphatic rings. The van der Waals surface area contributed by atoms with E-state index < -0.39 is 5.97 Å². The predicted molar refractivity (Wildman–Crippen MR) is 80.9 cm³/mol. The minimum Gasteiger partial charge on any atom is -0.481 e. The van der Waals surface area contributed by atoms with Gasteiger partial charge in [-0.25, -0.2) is 0 Å². The third-order valence-corrected chi connectivity index (χ3v) is 3.33. The summed E-state index contributed by atoms with van der Waals surface area (Å²) in [6.45, 7) is 2.76. The number of aliphatic carboxylic acids is 1. The number of benzene rings is 2. The zero-order chi connectivity index (χ0) is 14.4. The van der Waals surface area contributed by atoms with Crippen molar-refractivity contribution in [3.8, 4) is 0 Å². The van der Waals surface area contributed by atoms with Crippen LogP contribution in [0.3, 0.4) is 0 Å². The van der Waals surface area contributed by atoms with Crippen LogP contribution in [0.4, 0.5) is 5.69 Å². The van der Waals surface area contributed by atoms with Crippen molar-refractivity contribution in [2.24, 2.45) is 0 Å². The quantitative estimate of drug-likeness (QED) is 0.844. The Morgan fingerprint density at radius 3 is 2.25 bits per heavy atom. The average Bonchev–Trinajstić information content (AvgIpc) is 2.46. The third-order valence-electron chi connectivity index (χ3n) is 3.33. The standard InChI is InChI=1S/C17H19NO2/c1-2-13-7-5-6-10-16(13)18-12-15-9-4-3-8-14(15)11-17(19)20/h3-10,18H,2,11-12H2,1H3,(H,19,20). The van der Waals surface area contributed by atoms with Gasteiger partial charge < -0.3 is 10.4 Å². The van der Waals surface area contributed by atoms with E-state index in [2.05, 4.69) is 24.4 Å². The first-order valence-electron chi connectivity index (χ1n) is 6.81. The van der Waals surface area contributed by atoms with Gasteiger partial charge in [-0.3, -0.25) is 4.79 Å². The molecule has 0 fully saturated rings. The van der Waals surface area contributed by atoms with Gasteiger partial charge in [0.15, 0.2) is 0 Å². The summed E-state index contributed by atoms with van der Waals surface area (Å²) in [5.41, 5.74) is 4.27. The highest BCUT2D eigenvalue weighted by atomic mass is 16.4. The van der Waals surface area contributed by atoms with Crippen molar-refractivity contribution in [3.05, 3.63) is 65.2 Å². The maximum atomic E-state index is 10.9. The molecular weight excluding hydrogens is 250 g/mol. The Hall–Kier alpha value is -2.29. The van der Waals surface area contributed by atoms with Crippen molar-refractivity contribution in [2.75, 3.05) is 5.32 Å². The molecule has 2 N–H and O–H groups in total. The zero-order valence-corrected chi connectivity index (χ0v) is 11.6. The number of carbonyl (C=O) groups is 1. The number of hydrogen-bond donors (Lipinski definition) is 2. The lowest BCUT2D eigenvalue weighted by atomic mass is 10.0. The van der Waals surface area contributed by atoms with E-state index in [1.165, 1.54) is 5.56 Å². The van der Waals surface area contributed by atoms with Gasteiger partial charge in [0.25, 0.3) is 0 Å². The highest BCUT2D eigenvalue weighted by molar-refractivity contribution is 5.70. The largest absolute Gasteiger partial charge is 0.481 e. The van der Waals surface area contributed by atoms with Crippen molar-refractivity contribution >= 4 is 11.7 Å². The molecule has 0 atom stereocenters. The molecule has 0 radical (unpaired) electrons. The number of hydrogen-bond acceptors (Lipinski definition) is 2. The summed E-state index contributed by atoms with van der Waals surface area (Å²) in [5.74, 6) is -0.800. The predicted octanol–water partition coefficient (Wildman–Crippen LogP) is 3.49. The summed E-state index contributed by atoms with van der Waals surface area (Å²) < 4.78 is 0. The second-order valence-corrected chi connectivity index (χ2v) is 4.70. The molecule has 0 aromatic heterocycles. The Labute approximate surface area is 119 Å². The minimum atomic E-state index is -0.800. The molecule has 0 bridgehead atoms. The molecule has 0 amide bonds. The Kier molecular flexibility index (Phi) is 4.77. The molecule has 104 valence electrons. The number of carboxylic acid groups (broad SMARTS) is 1. The van der Waals surface area contributed by atoms with Gasteiger partial charge >= 0.3 is 5.97 Å². The second-order valence-electron chi connectivity index (χ2n) is 4.70. The van der Waals surface area contributed by atoms with Crippen molar-refractivity contribution in [1.82, 2.24) is 0 Å². The summed E-state index contributed by atoms with van der Waals surface area (Å²) >= 11 is 0. The van der Waals surface area contributed by atoms with Crippen molar-refractivity contribution in [2.45, 2.75) is 26.3 Å².